The second-order valence-electron chi connectivity index (χ2n) is 19.8. The van der Waals surface area contributed by atoms with Gasteiger partial charge in [0, 0.05) is 106 Å². The van der Waals surface area contributed by atoms with Crippen molar-refractivity contribution in [2.45, 2.75) is 49.4 Å². The first-order valence-corrected chi connectivity index (χ1v) is 26.7. The Morgan fingerprint density at radius 1 is 0.326 bits per heavy atom. The summed E-state index contributed by atoms with van der Waals surface area (Å²) < 4.78 is 52.7. The van der Waals surface area contributed by atoms with E-state index in [1.54, 1.807) is 103 Å². The summed E-state index contributed by atoms with van der Waals surface area (Å²) in [7, 11) is 9.56. The minimum absolute atomic E-state index is 0.0168. The first kappa shape index (κ1) is 59.8. The van der Waals surface area contributed by atoms with E-state index < -0.39 is 23.8 Å². The lowest BCUT2D eigenvalue weighted by Crippen LogP contribution is -2.21. The molecule has 4 aliphatic rings. The molecule has 12 rings (SSSR count). The fourth-order valence-corrected chi connectivity index (χ4v) is 10.7. The molecule has 0 fully saturated rings. The quantitative estimate of drug-likeness (QED) is 0.0548. The van der Waals surface area contributed by atoms with Crippen LogP contribution in [0.5, 0.6) is 92.0 Å². The number of hydrogen-bond donors (Lipinski definition) is 6. The van der Waals surface area contributed by atoms with E-state index in [1.165, 1.54) is 36.4 Å². The monoisotopic (exact) mass is 1170 g/mol. The van der Waals surface area contributed by atoms with Crippen LogP contribution in [-0.4, -0.2) is 97.2 Å². The molecule has 4 atom stereocenters. The molecule has 20 heteroatoms. The number of phenols is 6. The van der Waals surface area contributed by atoms with Crippen molar-refractivity contribution < 1.29 is 97.2 Å². The normalized spacial score (nSPS) is 16.8. The zero-order valence-corrected chi connectivity index (χ0v) is 47.4. The SMILES string of the molecule is COc1ccc([C@@H]2CC(=O)Oc3cc(OC)cc(OC)c32)cc1.COc1ccc([C@H]2CC(=O)Oc3cc(OC)cc(OC)c32)cc1.O=C1C[C@@H](c2ccccc2O)c2c(O)cc(O)cc2O1.O=C1C[C@H](c2ccccc2O)c2c(O)cc(O)cc2O1. The second-order valence-corrected chi connectivity index (χ2v) is 19.8. The van der Waals surface area contributed by atoms with Gasteiger partial charge in [0.25, 0.3) is 0 Å². The lowest BCUT2D eigenvalue weighted by molar-refractivity contribution is -0.136. The summed E-state index contributed by atoms with van der Waals surface area (Å²) in [5.41, 5.74) is 5.58. The Morgan fingerprint density at radius 3 is 0.953 bits per heavy atom. The number of phenolic OH excluding ortho intramolecular Hbond substituents is 6. The van der Waals surface area contributed by atoms with Gasteiger partial charge >= 0.3 is 23.9 Å². The molecular weight excluding hydrogens is 1110 g/mol. The van der Waals surface area contributed by atoms with Gasteiger partial charge in [-0.15, -0.1) is 0 Å². The van der Waals surface area contributed by atoms with Crippen molar-refractivity contribution >= 4 is 23.9 Å². The molecule has 0 aromatic heterocycles. The van der Waals surface area contributed by atoms with Gasteiger partial charge in [0.1, 0.15) is 92.0 Å². The van der Waals surface area contributed by atoms with Crippen LogP contribution in [0.25, 0.3) is 0 Å². The molecule has 0 unspecified atom stereocenters. The van der Waals surface area contributed by atoms with E-state index in [4.69, 9.17) is 47.4 Å². The Morgan fingerprint density at radius 2 is 0.640 bits per heavy atom. The second kappa shape index (κ2) is 26.2. The Labute approximate surface area is 493 Å². The summed E-state index contributed by atoms with van der Waals surface area (Å²) in [6.07, 6.45) is 0.565. The third-order valence-corrected chi connectivity index (χ3v) is 14.7. The van der Waals surface area contributed by atoms with Gasteiger partial charge in [0.05, 0.1) is 68.3 Å². The van der Waals surface area contributed by atoms with Crippen LogP contribution in [0.2, 0.25) is 0 Å². The number of rotatable bonds is 10. The molecule has 4 aliphatic heterocycles. The molecule has 20 nitrogen and oxygen atoms in total. The van der Waals surface area contributed by atoms with Crippen LogP contribution >= 0.6 is 0 Å². The number of fused-ring (bicyclic) bond motifs is 4. The van der Waals surface area contributed by atoms with E-state index in [1.807, 2.05) is 48.5 Å². The van der Waals surface area contributed by atoms with Crippen molar-refractivity contribution in [1.82, 2.24) is 0 Å². The number of esters is 4. The first-order chi connectivity index (χ1) is 41.4. The van der Waals surface area contributed by atoms with Crippen molar-refractivity contribution in [3.8, 4) is 92.0 Å². The van der Waals surface area contributed by atoms with E-state index in [2.05, 4.69) is 0 Å². The molecule has 0 radical (unpaired) electrons. The van der Waals surface area contributed by atoms with Crippen LogP contribution < -0.4 is 47.4 Å². The summed E-state index contributed by atoms with van der Waals surface area (Å²) in [5, 5.41) is 58.8. The van der Waals surface area contributed by atoms with Gasteiger partial charge in [-0.25, -0.2) is 0 Å². The maximum atomic E-state index is 12.0. The predicted octanol–water partition coefficient (Wildman–Crippen LogP) is 10.8. The zero-order valence-electron chi connectivity index (χ0n) is 47.4. The summed E-state index contributed by atoms with van der Waals surface area (Å²) in [6.45, 7) is 0. The average molecular weight is 1170 g/mol. The number of carbonyl (C=O) groups excluding carboxylic acids is 4. The highest BCUT2D eigenvalue weighted by Crippen LogP contribution is 2.51. The molecule has 86 heavy (non-hydrogen) atoms. The Hall–Kier alpha value is -10.8. The topological polar surface area (TPSA) is 282 Å². The molecule has 0 bridgehead atoms. The Bertz CT molecular complexity index is 3570. The van der Waals surface area contributed by atoms with E-state index >= 15 is 0 Å². The van der Waals surface area contributed by atoms with E-state index in [-0.39, 0.29) is 95.5 Å². The van der Waals surface area contributed by atoms with Crippen LogP contribution in [-0.2, 0) is 19.2 Å². The Balaban J connectivity index is 0.000000137. The van der Waals surface area contributed by atoms with Crippen molar-refractivity contribution in [3.05, 3.63) is 190 Å². The van der Waals surface area contributed by atoms with Gasteiger partial charge in [0.15, 0.2) is 0 Å². The van der Waals surface area contributed by atoms with E-state index in [9.17, 15) is 49.8 Å². The van der Waals surface area contributed by atoms with Gasteiger partial charge in [-0.1, -0.05) is 60.7 Å². The van der Waals surface area contributed by atoms with Crippen LogP contribution in [0.15, 0.2) is 146 Å². The highest BCUT2D eigenvalue weighted by atomic mass is 16.6. The van der Waals surface area contributed by atoms with Gasteiger partial charge in [0.2, 0.25) is 0 Å². The molecule has 6 N–H and O–H groups in total. The molecule has 0 spiro atoms. The average Bonchev–Trinajstić information content (AvgIpc) is 1.37. The zero-order chi connectivity index (χ0) is 61.3. The maximum Gasteiger partial charge on any atom is 0.312 e. The lowest BCUT2D eigenvalue weighted by Gasteiger charge is -2.27. The van der Waals surface area contributed by atoms with Crippen molar-refractivity contribution in [1.29, 1.82) is 0 Å². The largest absolute Gasteiger partial charge is 0.508 e. The summed E-state index contributed by atoms with van der Waals surface area (Å²) in [6, 6.07) is 40.5. The molecule has 8 aromatic rings. The number of aromatic hydroxyl groups is 6. The fraction of sp³-hybridized carbons (Fsp3) is 0.212. The number of hydrogen-bond acceptors (Lipinski definition) is 20. The highest BCUT2D eigenvalue weighted by Gasteiger charge is 2.37. The van der Waals surface area contributed by atoms with Crippen LogP contribution in [0.4, 0.5) is 0 Å². The summed E-state index contributed by atoms with van der Waals surface area (Å²) in [5.74, 6) is 1.84. The van der Waals surface area contributed by atoms with Gasteiger partial charge < -0.3 is 78.0 Å². The van der Waals surface area contributed by atoms with Crippen molar-refractivity contribution in [2.24, 2.45) is 0 Å². The Kier molecular flexibility index (Phi) is 18.2. The molecule has 0 aliphatic carbocycles. The third-order valence-electron chi connectivity index (χ3n) is 14.7. The van der Waals surface area contributed by atoms with Crippen molar-refractivity contribution in [2.75, 3.05) is 42.7 Å². The molecule has 444 valence electrons. The fourth-order valence-electron chi connectivity index (χ4n) is 10.7. The predicted molar refractivity (Wildman–Crippen MR) is 309 cm³/mol. The van der Waals surface area contributed by atoms with Gasteiger partial charge in [-0.3, -0.25) is 19.2 Å². The summed E-state index contributed by atoms with van der Waals surface area (Å²) >= 11 is 0. The third kappa shape index (κ3) is 13.0. The van der Waals surface area contributed by atoms with E-state index in [0.29, 0.717) is 56.8 Å². The maximum absolute atomic E-state index is 12.0. The van der Waals surface area contributed by atoms with Crippen LogP contribution in [0, 0.1) is 0 Å². The minimum Gasteiger partial charge on any atom is -0.508 e. The number of benzene rings is 8. The van der Waals surface area contributed by atoms with Gasteiger partial charge in [-0.2, -0.15) is 0 Å². The molecule has 4 heterocycles. The number of methoxy groups -OCH3 is 6. The number of ether oxygens (including phenoxy) is 10. The highest BCUT2D eigenvalue weighted by molar-refractivity contribution is 5.82. The van der Waals surface area contributed by atoms with E-state index in [0.717, 1.165) is 33.8 Å². The number of carbonyl (C=O) groups is 4. The lowest BCUT2D eigenvalue weighted by atomic mass is 9.85. The molecule has 8 aromatic carbocycles. The van der Waals surface area contributed by atoms with Crippen molar-refractivity contribution in [3.63, 3.8) is 0 Å². The van der Waals surface area contributed by atoms with Crippen LogP contribution in [0.3, 0.4) is 0 Å². The smallest absolute Gasteiger partial charge is 0.312 e. The van der Waals surface area contributed by atoms with Crippen LogP contribution in [0.1, 0.15) is 93.9 Å². The standard InChI is InChI=1S/2C18H18O5.2C15H12O5/c2*1-20-12-6-4-11(5-7-12)14-10-17(19)23-16-9-13(21-2)8-15(22-3)18(14)16;2*16-8-5-12(18)15-10(7-14(19)20-13(15)6-8)9-3-1-2-4-11(9)17/h2*4-9,14H,10H2,1-3H3;2*1-6,10,16-18H,7H2/t2*14-;2*10-/m1010/s1. The number of para-hydroxylation sites is 2. The first-order valence-electron chi connectivity index (χ1n) is 26.7. The van der Waals surface area contributed by atoms with Gasteiger partial charge in [-0.05, 0) is 47.5 Å². The molecular formula is C66H60O20. The molecule has 0 saturated carbocycles. The minimum atomic E-state index is -0.506. The molecule has 0 saturated heterocycles. The molecule has 0 amide bonds. The summed E-state index contributed by atoms with van der Waals surface area (Å²) in [4.78, 5) is 47.4.